The van der Waals surface area contributed by atoms with Gasteiger partial charge in [0.15, 0.2) is 5.82 Å². The summed E-state index contributed by atoms with van der Waals surface area (Å²) in [6, 6.07) is 10.9. The van der Waals surface area contributed by atoms with Gasteiger partial charge < -0.3 is 0 Å². The lowest BCUT2D eigenvalue weighted by Crippen LogP contribution is -1.82. The Labute approximate surface area is 125 Å². The van der Waals surface area contributed by atoms with Crippen LogP contribution in [-0.2, 0) is 0 Å². The number of aromatic nitrogens is 2. The molecule has 100 valence electrons. The molecule has 0 spiro atoms. The zero-order valence-corrected chi connectivity index (χ0v) is 12.1. The van der Waals surface area contributed by atoms with Crippen molar-refractivity contribution in [3.05, 3.63) is 58.3 Å². The zero-order valence-electron chi connectivity index (χ0n) is 10.6. The van der Waals surface area contributed by atoms with Crippen molar-refractivity contribution in [2.75, 3.05) is 0 Å². The van der Waals surface area contributed by atoms with Crippen LogP contribution in [0, 0.1) is 6.92 Å². The average molecular weight is 305 g/mol. The van der Waals surface area contributed by atoms with Crippen LogP contribution in [0.4, 0.5) is 11.5 Å². The summed E-state index contributed by atoms with van der Waals surface area (Å²) < 4.78 is 1.80. The molecule has 0 amide bonds. The van der Waals surface area contributed by atoms with Gasteiger partial charge in [0.2, 0.25) is 0 Å². The normalized spacial score (nSPS) is 11.6. The van der Waals surface area contributed by atoms with E-state index in [4.69, 9.17) is 23.2 Å². The Balaban J connectivity index is 2.09. The minimum atomic E-state index is 0.556. The molecule has 0 atom stereocenters. The maximum absolute atomic E-state index is 6.05. The molecule has 4 nitrogen and oxygen atoms in total. The number of pyridine rings is 1. The molecular formula is C14H10Cl2N4. The topological polar surface area (TPSA) is 42.0 Å². The van der Waals surface area contributed by atoms with Crippen molar-refractivity contribution in [3.8, 4) is 0 Å². The molecule has 2 aromatic heterocycles. The van der Waals surface area contributed by atoms with E-state index in [1.54, 1.807) is 28.8 Å². The molecule has 0 bridgehead atoms. The van der Waals surface area contributed by atoms with Gasteiger partial charge in [0, 0.05) is 6.20 Å². The van der Waals surface area contributed by atoms with Crippen LogP contribution in [0.25, 0.3) is 5.65 Å². The third-order valence-electron chi connectivity index (χ3n) is 2.83. The second-order valence-corrected chi connectivity index (χ2v) is 5.09. The quantitative estimate of drug-likeness (QED) is 0.587. The van der Waals surface area contributed by atoms with Crippen molar-refractivity contribution in [1.29, 1.82) is 0 Å². The minimum absolute atomic E-state index is 0.556. The number of hydrogen-bond acceptors (Lipinski definition) is 3. The fourth-order valence-electron chi connectivity index (χ4n) is 1.88. The van der Waals surface area contributed by atoms with E-state index in [0.29, 0.717) is 21.6 Å². The first kappa shape index (κ1) is 13.1. The molecule has 0 unspecified atom stereocenters. The van der Waals surface area contributed by atoms with Gasteiger partial charge in [-0.1, -0.05) is 35.3 Å². The first-order chi connectivity index (χ1) is 9.65. The number of azo groups is 1. The molecule has 6 heteroatoms. The molecule has 20 heavy (non-hydrogen) atoms. The third-order valence-corrected chi connectivity index (χ3v) is 3.37. The van der Waals surface area contributed by atoms with Gasteiger partial charge >= 0.3 is 0 Å². The van der Waals surface area contributed by atoms with Gasteiger partial charge in [-0.25, -0.2) is 4.98 Å². The second-order valence-electron chi connectivity index (χ2n) is 4.25. The van der Waals surface area contributed by atoms with E-state index in [1.807, 2.05) is 25.1 Å². The Morgan fingerprint density at radius 3 is 2.65 bits per heavy atom. The smallest absolute Gasteiger partial charge is 0.182 e. The van der Waals surface area contributed by atoms with Crippen molar-refractivity contribution in [1.82, 2.24) is 9.38 Å². The van der Waals surface area contributed by atoms with Crippen molar-refractivity contribution >= 4 is 40.4 Å². The summed E-state index contributed by atoms with van der Waals surface area (Å²) in [7, 11) is 0. The Bertz CT molecular complexity index is 808. The van der Waals surface area contributed by atoms with E-state index in [0.717, 1.165) is 11.3 Å². The lowest BCUT2D eigenvalue weighted by molar-refractivity contribution is 1.09. The molecule has 0 aliphatic rings. The lowest BCUT2D eigenvalue weighted by atomic mass is 10.3. The van der Waals surface area contributed by atoms with E-state index in [1.165, 1.54) is 0 Å². The predicted molar refractivity (Wildman–Crippen MR) is 80.6 cm³/mol. The Hall–Kier alpha value is -1.91. The summed E-state index contributed by atoms with van der Waals surface area (Å²) in [5.41, 5.74) is 2.17. The van der Waals surface area contributed by atoms with Gasteiger partial charge in [-0.3, -0.25) is 4.40 Å². The van der Waals surface area contributed by atoms with Gasteiger partial charge in [0.05, 0.1) is 15.7 Å². The summed E-state index contributed by atoms with van der Waals surface area (Å²) >= 11 is 12.1. The van der Waals surface area contributed by atoms with Crippen LogP contribution < -0.4 is 0 Å². The number of aryl methyl sites for hydroxylation is 1. The lowest BCUT2D eigenvalue weighted by Gasteiger charge is -1.98. The second kappa shape index (κ2) is 5.23. The third kappa shape index (κ3) is 2.40. The highest BCUT2D eigenvalue weighted by Crippen LogP contribution is 2.28. The molecule has 0 aliphatic carbocycles. The number of imidazole rings is 1. The number of hydrogen-bond donors (Lipinski definition) is 0. The zero-order chi connectivity index (χ0) is 14.1. The molecule has 2 heterocycles. The molecule has 0 fully saturated rings. The van der Waals surface area contributed by atoms with E-state index in [9.17, 15) is 0 Å². The van der Waals surface area contributed by atoms with E-state index >= 15 is 0 Å². The molecule has 0 saturated carbocycles. The van der Waals surface area contributed by atoms with Gasteiger partial charge in [-0.15, -0.1) is 10.2 Å². The molecule has 1 aromatic carbocycles. The highest BCUT2D eigenvalue weighted by atomic mass is 35.5. The average Bonchev–Trinajstić information content (AvgIpc) is 2.73. The highest BCUT2D eigenvalue weighted by Gasteiger charge is 2.08. The van der Waals surface area contributed by atoms with Crippen LogP contribution in [0.3, 0.4) is 0 Å². The predicted octanol–water partition coefficient (Wildman–Crippen LogP) is 5.36. The van der Waals surface area contributed by atoms with Gasteiger partial charge in [0.1, 0.15) is 11.3 Å². The minimum Gasteiger partial charge on any atom is -0.281 e. The number of fused-ring (bicyclic) bond motifs is 1. The summed E-state index contributed by atoms with van der Waals surface area (Å²) in [4.78, 5) is 4.41. The van der Waals surface area contributed by atoms with Crippen LogP contribution >= 0.6 is 23.2 Å². The largest absolute Gasteiger partial charge is 0.281 e. The summed E-state index contributed by atoms with van der Waals surface area (Å²) in [6.07, 6.45) is 1.76. The fraction of sp³-hybridized carbons (Fsp3) is 0.0714. The van der Waals surface area contributed by atoms with Crippen molar-refractivity contribution < 1.29 is 0 Å². The molecule has 0 aliphatic heterocycles. The Kier molecular flexibility index (Phi) is 3.42. The number of halogens is 2. The van der Waals surface area contributed by atoms with Crippen molar-refractivity contribution in [3.63, 3.8) is 0 Å². The molecule has 3 aromatic rings. The van der Waals surface area contributed by atoms with Crippen LogP contribution in [0.15, 0.2) is 52.8 Å². The maximum atomic E-state index is 6.05. The fourth-order valence-corrected chi connectivity index (χ4v) is 2.21. The van der Waals surface area contributed by atoms with Gasteiger partial charge in [0.25, 0.3) is 0 Å². The van der Waals surface area contributed by atoms with E-state index < -0.39 is 0 Å². The van der Waals surface area contributed by atoms with E-state index in [-0.39, 0.29) is 0 Å². The summed E-state index contributed by atoms with van der Waals surface area (Å²) in [5.74, 6) is 0.641. The first-order valence-corrected chi connectivity index (χ1v) is 6.71. The summed E-state index contributed by atoms with van der Waals surface area (Å²) in [5, 5.41) is 9.60. The standard InChI is InChI=1S/C14H10Cl2N4/c1-9-14(19-18-12-5-3-2-4-11(12)16)20-8-10(15)6-7-13(20)17-9/h2-8H,1H3. The molecule has 3 rings (SSSR count). The van der Waals surface area contributed by atoms with E-state index in [2.05, 4.69) is 15.2 Å². The molecular weight excluding hydrogens is 295 g/mol. The number of rotatable bonds is 2. The van der Waals surface area contributed by atoms with Crippen LogP contribution in [0.1, 0.15) is 5.69 Å². The molecule has 0 N–H and O–H groups in total. The number of nitrogens with zero attached hydrogens (tertiary/aromatic N) is 4. The number of benzene rings is 1. The van der Waals surface area contributed by atoms with Gasteiger partial charge in [-0.2, -0.15) is 0 Å². The first-order valence-electron chi connectivity index (χ1n) is 5.95. The Morgan fingerprint density at radius 2 is 1.85 bits per heavy atom. The van der Waals surface area contributed by atoms with Gasteiger partial charge in [-0.05, 0) is 31.2 Å². The van der Waals surface area contributed by atoms with Crippen molar-refractivity contribution in [2.24, 2.45) is 10.2 Å². The highest BCUT2D eigenvalue weighted by molar-refractivity contribution is 6.32. The Morgan fingerprint density at radius 1 is 1.05 bits per heavy atom. The van der Waals surface area contributed by atoms with Crippen molar-refractivity contribution in [2.45, 2.75) is 6.92 Å². The van der Waals surface area contributed by atoms with Crippen LogP contribution in [0.2, 0.25) is 10.0 Å². The molecule has 0 radical (unpaired) electrons. The molecule has 0 saturated heterocycles. The van der Waals surface area contributed by atoms with Crippen LogP contribution in [-0.4, -0.2) is 9.38 Å². The summed E-state index contributed by atoms with van der Waals surface area (Å²) in [6.45, 7) is 1.88. The van der Waals surface area contributed by atoms with Crippen LogP contribution in [0.5, 0.6) is 0 Å². The monoisotopic (exact) mass is 304 g/mol. The maximum Gasteiger partial charge on any atom is 0.182 e. The SMILES string of the molecule is Cc1nc2ccc(Cl)cn2c1N=Nc1ccccc1Cl.